The second kappa shape index (κ2) is 4.81. The van der Waals surface area contributed by atoms with E-state index >= 15 is 0 Å². The molecule has 0 heterocycles. The van der Waals surface area contributed by atoms with Crippen molar-refractivity contribution in [1.82, 2.24) is 0 Å². The van der Waals surface area contributed by atoms with Gasteiger partial charge in [0.2, 0.25) is 0 Å². The number of rotatable bonds is 1. The molecule has 1 nitrogen and oxygen atoms in total. The van der Waals surface area contributed by atoms with Crippen molar-refractivity contribution in [2.45, 2.75) is 26.4 Å². The van der Waals surface area contributed by atoms with Crippen molar-refractivity contribution in [2.75, 3.05) is 0 Å². The second-order valence-electron chi connectivity index (χ2n) is 6.52. The van der Waals surface area contributed by atoms with Gasteiger partial charge >= 0.3 is 0 Å². The molecule has 3 aromatic rings. The standard InChI is InChI=1S/C22H20O/c1-14-8-4-5-13-19(14)22(23)20-15(2)9-6-11-17(20)18-12-7-10-16(3)21(18)22/h4-13,23H,1-3H3. The fourth-order valence-electron chi connectivity index (χ4n) is 4.12. The molecule has 0 radical (unpaired) electrons. The van der Waals surface area contributed by atoms with Gasteiger partial charge in [-0.3, -0.25) is 0 Å². The lowest BCUT2D eigenvalue weighted by Gasteiger charge is -2.30. The van der Waals surface area contributed by atoms with Crippen LogP contribution in [0.1, 0.15) is 33.4 Å². The molecule has 1 aliphatic carbocycles. The fourth-order valence-corrected chi connectivity index (χ4v) is 4.12. The van der Waals surface area contributed by atoms with Gasteiger partial charge in [-0.1, -0.05) is 60.7 Å². The van der Waals surface area contributed by atoms with E-state index in [9.17, 15) is 5.11 Å². The molecule has 3 aromatic carbocycles. The fraction of sp³-hybridized carbons (Fsp3) is 0.182. The van der Waals surface area contributed by atoms with Gasteiger partial charge < -0.3 is 5.11 Å². The first-order valence-electron chi connectivity index (χ1n) is 8.04. The smallest absolute Gasteiger partial charge is 0.142 e. The topological polar surface area (TPSA) is 20.2 Å². The van der Waals surface area contributed by atoms with Crippen LogP contribution >= 0.6 is 0 Å². The van der Waals surface area contributed by atoms with Crippen LogP contribution in [0.4, 0.5) is 0 Å². The Hall–Kier alpha value is -2.38. The van der Waals surface area contributed by atoms with Gasteiger partial charge in [0.15, 0.2) is 0 Å². The minimum Gasteiger partial charge on any atom is -0.376 e. The van der Waals surface area contributed by atoms with E-state index in [-0.39, 0.29) is 0 Å². The monoisotopic (exact) mass is 300 g/mol. The Balaban J connectivity index is 2.19. The van der Waals surface area contributed by atoms with Crippen LogP contribution in [0.3, 0.4) is 0 Å². The summed E-state index contributed by atoms with van der Waals surface area (Å²) in [7, 11) is 0. The highest BCUT2D eigenvalue weighted by Gasteiger charge is 2.45. The van der Waals surface area contributed by atoms with E-state index < -0.39 is 5.60 Å². The molecule has 0 aromatic heterocycles. The van der Waals surface area contributed by atoms with Gasteiger partial charge in [0, 0.05) is 11.1 Å². The van der Waals surface area contributed by atoms with Gasteiger partial charge in [0.25, 0.3) is 0 Å². The number of aryl methyl sites for hydroxylation is 3. The zero-order chi connectivity index (χ0) is 16.2. The summed E-state index contributed by atoms with van der Waals surface area (Å²) in [5, 5.41) is 12.0. The molecule has 0 spiro atoms. The Morgan fingerprint density at radius 1 is 0.609 bits per heavy atom. The van der Waals surface area contributed by atoms with Crippen molar-refractivity contribution < 1.29 is 5.11 Å². The van der Waals surface area contributed by atoms with Crippen LogP contribution in [0, 0.1) is 20.8 Å². The molecule has 0 atom stereocenters. The molecule has 1 aliphatic rings. The van der Waals surface area contributed by atoms with Gasteiger partial charge in [-0.15, -0.1) is 0 Å². The van der Waals surface area contributed by atoms with Crippen molar-refractivity contribution in [1.29, 1.82) is 0 Å². The Kier molecular flexibility index (Phi) is 2.97. The lowest BCUT2D eigenvalue weighted by molar-refractivity contribution is 0.128. The molecule has 23 heavy (non-hydrogen) atoms. The molecular formula is C22H20O. The van der Waals surface area contributed by atoms with Crippen LogP contribution in [0.2, 0.25) is 0 Å². The third-order valence-corrected chi connectivity index (χ3v) is 5.09. The van der Waals surface area contributed by atoms with E-state index in [4.69, 9.17) is 0 Å². The Labute approximate surface area is 137 Å². The molecule has 0 fully saturated rings. The molecule has 0 unspecified atom stereocenters. The number of benzene rings is 3. The van der Waals surface area contributed by atoms with Crippen molar-refractivity contribution in [3.05, 3.63) is 94.0 Å². The van der Waals surface area contributed by atoms with Crippen LogP contribution in [0.5, 0.6) is 0 Å². The van der Waals surface area contributed by atoms with Crippen molar-refractivity contribution in [3.8, 4) is 11.1 Å². The average Bonchev–Trinajstić information content (AvgIpc) is 2.80. The molecule has 1 heteroatoms. The van der Waals surface area contributed by atoms with E-state index in [0.717, 1.165) is 44.5 Å². The van der Waals surface area contributed by atoms with Crippen molar-refractivity contribution in [3.63, 3.8) is 0 Å². The predicted molar refractivity (Wildman–Crippen MR) is 94.6 cm³/mol. The summed E-state index contributed by atoms with van der Waals surface area (Å²) in [6.45, 7) is 6.24. The molecule has 1 N–H and O–H groups in total. The normalized spacial score (nSPS) is 14.4. The Morgan fingerprint density at radius 2 is 1.09 bits per heavy atom. The van der Waals surface area contributed by atoms with Crippen LogP contribution < -0.4 is 0 Å². The third-order valence-electron chi connectivity index (χ3n) is 5.09. The quantitative estimate of drug-likeness (QED) is 0.679. The summed E-state index contributed by atoms with van der Waals surface area (Å²) in [6, 6.07) is 20.7. The van der Waals surface area contributed by atoms with Gasteiger partial charge in [-0.05, 0) is 54.2 Å². The molecular weight excluding hydrogens is 280 g/mol. The molecule has 114 valence electrons. The summed E-state index contributed by atoms with van der Waals surface area (Å²) < 4.78 is 0. The molecule has 0 saturated carbocycles. The van der Waals surface area contributed by atoms with E-state index in [1.165, 1.54) is 0 Å². The van der Waals surface area contributed by atoms with E-state index in [1.807, 2.05) is 18.2 Å². The highest BCUT2D eigenvalue weighted by Crippen LogP contribution is 2.53. The number of hydrogen-bond acceptors (Lipinski definition) is 1. The summed E-state index contributed by atoms with van der Waals surface area (Å²) in [6.07, 6.45) is 0. The van der Waals surface area contributed by atoms with Crippen LogP contribution in [0.15, 0.2) is 60.7 Å². The SMILES string of the molecule is Cc1ccccc1C1(O)c2c(C)cccc2-c2cccc(C)c21. The van der Waals surface area contributed by atoms with Gasteiger partial charge in [0.1, 0.15) is 5.60 Å². The van der Waals surface area contributed by atoms with Crippen LogP contribution in [-0.4, -0.2) is 5.11 Å². The number of hydrogen-bond donors (Lipinski definition) is 1. The highest BCUT2D eigenvalue weighted by molar-refractivity contribution is 5.84. The van der Waals surface area contributed by atoms with Crippen molar-refractivity contribution >= 4 is 0 Å². The summed E-state index contributed by atoms with van der Waals surface area (Å²) >= 11 is 0. The first-order valence-corrected chi connectivity index (χ1v) is 8.04. The van der Waals surface area contributed by atoms with E-state index in [0.29, 0.717) is 0 Å². The minimum atomic E-state index is -1.08. The molecule has 0 saturated heterocycles. The first kappa shape index (κ1) is 14.2. The number of fused-ring (bicyclic) bond motifs is 3. The number of aliphatic hydroxyl groups is 1. The lowest BCUT2D eigenvalue weighted by Crippen LogP contribution is -2.29. The van der Waals surface area contributed by atoms with Crippen LogP contribution in [-0.2, 0) is 5.60 Å². The average molecular weight is 300 g/mol. The zero-order valence-electron chi connectivity index (χ0n) is 13.7. The molecule has 0 aliphatic heterocycles. The summed E-state index contributed by atoms with van der Waals surface area (Å²) in [4.78, 5) is 0. The first-order chi connectivity index (χ1) is 11.0. The largest absolute Gasteiger partial charge is 0.376 e. The molecule has 0 bridgehead atoms. The molecule has 4 rings (SSSR count). The lowest BCUT2D eigenvalue weighted by atomic mass is 9.79. The third kappa shape index (κ3) is 1.77. The maximum atomic E-state index is 12.0. The summed E-state index contributed by atoms with van der Waals surface area (Å²) in [5.41, 5.74) is 7.62. The van der Waals surface area contributed by atoms with Gasteiger partial charge in [0.05, 0.1) is 0 Å². The Morgan fingerprint density at radius 3 is 1.61 bits per heavy atom. The predicted octanol–water partition coefficient (Wildman–Crippen LogP) is 4.88. The maximum absolute atomic E-state index is 12.0. The summed E-state index contributed by atoms with van der Waals surface area (Å²) in [5.74, 6) is 0. The maximum Gasteiger partial charge on any atom is 0.142 e. The van der Waals surface area contributed by atoms with Gasteiger partial charge in [-0.2, -0.15) is 0 Å². The molecule has 0 amide bonds. The van der Waals surface area contributed by atoms with Crippen molar-refractivity contribution in [2.24, 2.45) is 0 Å². The van der Waals surface area contributed by atoms with Crippen LogP contribution in [0.25, 0.3) is 11.1 Å². The van der Waals surface area contributed by atoms with E-state index in [1.54, 1.807) is 0 Å². The Bertz CT molecular complexity index is 870. The zero-order valence-corrected chi connectivity index (χ0v) is 13.7. The minimum absolute atomic E-state index is 0.976. The van der Waals surface area contributed by atoms with Gasteiger partial charge in [-0.25, -0.2) is 0 Å². The van der Waals surface area contributed by atoms with E-state index in [2.05, 4.69) is 63.2 Å². The second-order valence-corrected chi connectivity index (χ2v) is 6.52. The highest BCUT2D eigenvalue weighted by atomic mass is 16.3.